The highest BCUT2D eigenvalue weighted by atomic mass is 35.5. The van der Waals surface area contributed by atoms with E-state index in [0.717, 1.165) is 75.8 Å². The van der Waals surface area contributed by atoms with Crippen LogP contribution in [0.1, 0.15) is 41.5 Å². The molecule has 0 unspecified atom stereocenters. The van der Waals surface area contributed by atoms with Gasteiger partial charge < -0.3 is 10.2 Å². The van der Waals surface area contributed by atoms with Crippen LogP contribution in [0.2, 0.25) is 5.02 Å². The van der Waals surface area contributed by atoms with Gasteiger partial charge in [-0.2, -0.15) is 0 Å². The van der Waals surface area contributed by atoms with Crippen LogP contribution in [0.3, 0.4) is 0 Å². The van der Waals surface area contributed by atoms with Gasteiger partial charge in [-0.1, -0.05) is 29.8 Å². The summed E-state index contributed by atoms with van der Waals surface area (Å²) in [5.74, 6) is 0.0396. The first-order valence-corrected chi connectivity index (χ1v) is 12.0. The lowest BCUT2D eigenvalue weighted by Gasteiger charge is -2.39. The Morgan fingerprint density at radius 3 is 2.50 bits per heavy atom. The van der Waals surface area contributed by atoms with E-state index in [-0.39, 0.29) is 17.8 Å². The molecule has 2 heterocycles. The van der Waals surface area contributed by atoms with Gasteiger partial charge in [0.1, 0.15) is 5.82 Å². The first-order chi connectivity index (χ1) is 15.6. The molecule has 5 rings (SSSR count). The summed E-state index contributed by atoms with van der Waals surface area (Å²) < 4.78 is 13.5. The van der Waals surface area contributed by atoms with Gasteiger partial charge in [-0.05, 0) is 53.8 Å². The predicted octanol–water partition coefficient (Wildman–Crippen LogP) is 4.09. The maximum Gasteiger partial charge on any atom is 0.317 e. The second kappa shape index (κ2) is 9.38. The van der Waals surface area contributed by atoms with Crippen molar-refractivity contribution in [3.8, 4) is 0 Å². The number of hydrogen-bond donors (Lipinski definition) is 1. The average molecular weight is 457 g/mol. The van der Waals surface area contributed by atoms with Crippen molar-refractivity contribution in [3.63, 3.8) is 0 Å². The van der Waals surface area contributed by atoms with E-state index in [0.29, 0.717) is 6.04 Å². The fourth-order valence-corrected chi connectivity index (χ4v) is 5.62. The zero-order valence-electron chi connectivity index (χ0n) is 18.3. The van der Waals surface area contributed by atoms with Crippen LogP contribution >= 0.6 is 11.6 Å². The molecule has 5 nitrogen and oxygen atoms in total. The van der Waals surface area contributed by atoms with Gasteiger partial charge >= 0.3 is 6.03 Å². The minimum Gasteiger partial charge on any atom is -0.338 e. The van der Waals surface area contributed by atoms with Gasteiger partial charge in [-0.15, -0.1) is 0 Å². The molecule has 0 radical (unpaired) electrons. The van der Waals surface area contributed by atoms with Crippen molar-refractivity contribution < 1.29 is 9.18 Å². The van der Waals surface area contributed by atoms with Gasteiger partial charge in [0.15, 0.2) is 0 Å². The van der Waals surface area contributed by atoms with E-state index in [4.69, 9.17) is 11.6 Å². The van der Waals surface area contributed by atoms with E-state index >= 15 is 0 Å². The van der Waals surface area contributed by atoms with Crippen LogP contribution in [0.5, 0.6) is 0 Å². The second-order valence-electron chi connectivity index (χ2n) is 9.08. The number of carbonyl (C=O) groups is 1. The van der Waals surface area contributed by atoms with Gasteiger partial charge in [0.05, 0.1) is 0 Å². The molecule has 170 valence electrons. The summed E-state index contributed by atoms with van der Waals surface area (Å²) in [7, 11) is 0. The molecular formula is C25H30ClFN4O. The lowest BCUT2D eigenvalue weighted by Crippen LogP contribution is -2.52. The van der Waals surface area contributed by atoms with E-state index in [9.17, 15) is 9.18 Å². The fraction of sp³-hybridized carbons (Fsp3) is 0.480. The summed E-state index contributed by atoms with van der Waals surface area (Å²) in [5.41, 5.74) is 3.77. The molecule has 0 saturated carbocycles. The minimum atomic E-state index is -0.201. The predicted molar refractivity (Wildman–Crippen MR) is 125 cm³/mol. The van der Waals surface area contributed by atoms with Crippen molar-refractivity contribution in [2.24, 2.45) is 0 Å². The molecule has 2 aliphatic heterocycles. The van der Waals surface area contributed by atoms with Gasteiger partial charge in [0.2, 0.25) is 0 Å². The number of urea groups is 1. The van der Waals surface area contributed by atoms with Gasteiger partial charge in [-0.25, -0.2) is 9.18 Å². The normalized spacial score (nSPS) is 24.4. The van der Waals surface area contributed by atoms with Crippen molar-refractivity contribution in [2.75, 3.05) is 52.4 Å². The van der Waals surface area contributed by atoms with E-state index < -0.39 is 0 Å². The maximum atomic E-state index is 13.5. The molecule has 2 saturated heterocycles. The van der Waals surface area contributed by atoms with Gasteiger partial charge in [-0.3, -0.25) is 9.80 Å². The molecule has 7 heteroatoms. The van der Waals surface area contributed by atoms with Crippen molar-refractivity contribution in [1.29, 1.82) is 0 Å². The first-order valence-electron chi connectivity index (χ1n) is 11.6. The van der Waals surface area contributed by atoms with Crippen molar-refractivity contribution in [3.05, 3.63) is 70.0 Å². The van der Waals surface area contributed by atoms with Gasteiger partial charge in [0, 0.05) is 69.3 Å². The van der Waals surface area contributed by atoms with E-state index in [1.165, 1.54) is 11.1 Å². The highest BCUT2D eigenvalue weighted by Crippen LogP contribution is 2.47. The molecule has 2 atom stereocenters. The molecule has 0 spiro atoms. The third kappa shape index (κ3) is 4.49. The third-order valence-electron chi connectivity index (χ3n) is 7.22. The van der Waals surface area contributed by atoms with Crippen LogP contribution in [-0.2, 0) is 0 Å². The minimum absolute atomic E-state index is 0.0722. The summed E-state index contributed by atoms with van der Waals surface area (Å²) in [4.78, 5) is 18.9. The Labute approximate surface area is 194 Å². The largest absolute Gasteiger partial charge is 0.338 e. The molecule has 2 amide bonds. The molecule has 2 aromatic carbocycles. The van der Waals surface area contributed by atoms with Crippen molar-refractivity contribution >= 4 is 17.6 Å². The van der Waals surface area contributed by atoms with Crippen LogP contribution in [0.4, 0.5) is 9.18 Å². The molecule has 2 fully saturated rings. The Hall–Kier alpha value is -2.15. The number of amides is 2. The van der Waals surface area contributed by atoms with E-state index in [1.54, 1.807) is 12.1 Å². The monoisotopic (exact) mass is 456 g/mol. The first kappa shape index (κ1) is 21.7. The smallest absolute Gasteiger partial charge is 0.317 e. The maximum absolute atomic E-state index is 13.5. The van der Waals surface area contributed by atoms with Crippen molar-refractivity contribution in [2.45, 2.75) is 24.8 Å². The molecule has 0 aromatic heterocycles. The SMILES string of the molecule is O=C1NCCCN1CCN1CCN([C@H]2C[C@H](c3ccc(F)cc3)c3cc(Cl)ccc32)CC1. The quantitative estimate of drug-likeness (QED) is 0.736. The number of halogens is 2. The van der Waals surface area contributed by atoms with E-state index in [1.807, 2.05) is 23.1 Å². The highest BCUT2D eigenvalue weighted by molar-refractivity contribution is 6.30. The fourth-order valence-electron chi connectivity index (χ4n) is 5.44. The van der Waals surface area contributed by atoms with Crippen LogP contribution < -0.4 is 5.32 Å². The number of piperazine rings is 1. The average Bonchev–Trinajstić information content (AvgIpc) is 3.18. The summed E-state index contributed by atoms with van der Waals surface area (Å²) in [6.07, 6.45) is 2.02. The summed E-state index contributed by atoms with van der Waals surface area (Å²) in [5, 5.41) is 3.68. The number of carbonyl (C=O) groups excluding carboxylic acids is 1. The number of fused-ring (bicyclic) bond motifs is 1. The summed E-state index contributed by atoms with van der Waals surface area (Å²) >= 11 is 6.35. The standard InChI is InChI=1S/C25H30ClFN4O/c26-19-4-7-21-23(16-19)22(18-2-5-20(27)6-3-18)17-24(21)30-13-10-29(11-14-30)12-15-31-9-1-8-28-25(31)32/h2-7,16,22,24H,1,8-15,17H2,(H,28,32)/t22-,24+/m1/s1. The van der Waals surface area contributed by atoms with Crippen LogP contribution in [0.25, 0.3) is 0 Å². The Morgan fingerprint density at radius 2 is 1.75 bits per heavy atom. The number of nitrogens with zero attached hydrogens (tertiary/aromatic N) is 3. The summed E-state index contributed by atoms with van der Waals surface area (Å²) in [6.45, 7) is 7.41. The molecule has 3 aliphatic rings. The summed E-state index contributed by atoms with van der Waals surface area (Å²) in [6, 6.07) is 13.6. The zero-order chi connectivity index (χ0) is 22.1. The Bertz CT molecular complexity index is 961. The Balaban J connectivity index is 1.24. The molecule has 1 N–H and O–H groups in total. The second-order valence-corrected chi connectivity index (χ2v) is 9.52. The molecular weight excluding hydrogens is 427 g/mol. The Kier molecular flexibility index (Phi) is 6.35. The van der Waals surface area contributed by atoms with Gasteiger partial charge in [0.25, 0.3) is 0 Å². The van der Waals surface area contributed by atoms with Crippen LogP contribution in [0.15, 0.2) is 42.5 Å². The molecule has 1 aliphatic carbocycles. The lowest BCUT2D eigenvalue weighted by atomic mass is 9.93. The lowest BCUT2D eigenvalue weighted by molar-refractivity contribution is 0.0879. The highest BCUT2D eigenvalue weighted by Gasteiger charge is 2.36. The Morgan fingerprint density at radius 1 is 0.969 bits per heavy atom. The topological polar surface area (TPSA) is 38.8 Å². The van der Waals surface area contributed by atoms with E-state index in [2.05, 4.69) is 27.2 Å². The van der Waals surface area contributed by atoms with Crippen LogP contribution in [0, 0.1) is 5.82 Å². The zero-order valence-corrected chi connectivity index (χ0v) is 19.0. The number of benzene rings is 2. The van der Waals surface area contributed by atoms with Crippen molar-refractivity contribution in [1.82, 2.24) is 20.0 Å². The third-order valence-corrected chi connectivity index (χ3v) is 7.45. The van der Waals surface area contributed by atoms with Crippen LogP contribution in [-0.4, -0.2) is 73.1 Å². The number of hydrogen-bond acceptors (Lipinski definition) is 3. The number of nitrogens with one attached hydrogen (secondary N) is 1. The molecule has 32 heavy (non-hydrogen) atoms. The molecule has 2 aromatic rings. The number of rotatable bonds is 5. The molecule has 0 bridgehead atoms.